The molecule has 2 spiro atoms. The van der Waals surface area contributed by atoms with Gasteiger partial charge < -0.3 is 14.7 Å². The van der Waals surface area contributed by atoms with Crippen molar-refractivity contribution in [2.75, 3.05) is 55.6 Å². The van der Waals surface area contributed by atoms with Crippen molar-refractivity contribution in [2.45, 2.75) is 120 Å². The Morgan fingerprint density at radius 3 is 2.17 bits per heavy atom. The Bertz CT molecular complexity index is 2580. The lowest BCUT2D eigenvalue weighted by Crippen LogP contribution is -2.44. The van der Waals surface area contributed by atoms with Gasteiger partial charge in [0.1, 0.15) is 11.5 Å². The minimum Gasteiger partial charge on any atom is -0.371 e. The predicted molar refractivity (Wildman–Crippen MR) is 248 cm³/mol. The van der Waals surface area contributed by atoms with Gasteiger partial charge in [0.25, 0.3) is 5.56 Å². The fourth-order valence-corrected chi connectivity index (χ4v) is 13.6. The van der Waals surface area contributed by atoms with Crippen molar-refractivity contribution in [3.8, 4) is 5.69 Å². The Labute approximate surface area is 384 Å². The number of carbonyl (C=O) groups is 3. The number of halogens is 3. The van der Waals surface area contributed by atoms with Crippen molar-refractivity contribution in [3.05, 3.63) is 92.5 Å². The summed E-state index contributed by atoms with van der Waals surface area (Å²) in [4.78, 5) is 64.3. The number of aromatic nitrogens is 2. The van der Waals surface area contributed by atoms with Crippen LogP contribution in [0.3, 0.4) is 0 Å². The summed E-state index contributed by atoms with van der Waals surface area (Å²) >= 11 is 6.62. The number of anilines is 2. The summed E-state index contributed by atoms with van der Waals surface area (Å²) in [7, 11) is 0. The second-order valence-electron chi connectivity index (χ2n) is 20.7. The Hall–Kier alpha value is -4.68. The number of imide groups is 1. The molecule has 342 valence electrons. The average Bonchev–Trinajstić information content (AvgIpc) is 3.83. The van der Waals surface area contributed by atoms with Crippen molar-refractivity contribution >= 4 is 51.6 Å². The smallest absolute Gasteiger partial charge is 0.282 e. The van der Waals surface area contributed by atoms with Gasteiger partial charge in [0.15, 0.2) is 11.6 Å². The molecule has 13 heteroatoms. The average molecular weight is 906 g/mol. The highest BCUT2D eigenvalue weighted by molar-refractivity contribution is 6.35. The Morgan fingerprint density at radius 2 is 1.46 bits per heavy atom. The molecule has 0 atom stereocenters. The zero-order valence-corrected chi connectivity index (χ0v) is 38.0. The fraction of sp³-hybridized carbons (Fsp3) is 0.558. The highest BCUT2D eigenvalue weighted by Crippen LogP contribution is 2.52. The van der Waals surface area contributed by atoms with Crippen molar-refractivity contribution in [1.29, 1.82) is 0 Å². The standard InChI is InChI=1S/C52H59ClF2N6O4/c53-39-6-4-7-42-46(39)48(64)56-50-52(18-2-1-3-19-52)38-15-14-36(28-43(38)60(42)50)34-16-23-57(24-17-34)31-33-10-12-35(13-11-33)49(65)59-27-22-51(32-59)20-25-58(26-21-51)37-29-40(54)47(41(55)30-37)61-44(62)8-5-9-45(61)63/h4,6-7,14-15,28-30,33-35H,1-3,5,8-13,16-27,31-32H2. The molecule has 2 saturated carbocycles. The lowest BCUT2D eigenvalue weighted by molar-refractivity contribution is -0.136. The summed E-state index contributed by atoms with van der Waals surface area (Å²) in [6.45, 7) is 5.99. The topological polar surface area (TPSA) is 99.1 Å². The van der Waals surface area contributed by atoms with E-state index in [9.17, 15) is 19.2 Å². The lowest BCUT2D eigenvalue weighted by atomic mass is 9.69. The van der Waals surface area contributed by atoms with Crippen LogP contribution in [-0.4, -0.2) is 82.9 Å². The minimum atomic E-state index is -0.897. The molecule has 4 aromatic rings. The molecule has 0 N–H and O–H groups in total. The number of likely N-dealkylation sites (tertiary alicyclic amines) is 2. The van der Waals surface area contributed by atoms with Crippen molar-refractivity contribution in [3.63, 3.8) is 0 Å². The zero-order chi connectivity index (χ0) is 44.6. The predicted octanol–water partition coefficient (Wildman–Crippen LogP) is 9.43. The van der Waals surface area contributed by atoms with Crippen LogP contribution in [0.4, 0.5) is 20.2 Å². The first-order valence-corrected chi connectivity index (χ1v) is 24.9. The largest absolute Gasteiger partial charge is 0.371 e. The molecule has 0 unspecified atom stereocenters. The van der Waals surface area contributed by atoms with Gasteiger partial charge in [-0.15, -0.1) is 0 Å². The van der Waals surface area contributed by atoms with Crippen LogP contribution in [0, 0.1) is 28.9 Å². The zero-order valence-electron chi connectivity index (χ0n) is 37.3. The molecule has 4 saturated heterocycles. The quantitative estimate of drug-likeness (QED) is 0.178. The van der Waals surface area contributed by atoms with E-state index in [0.29, 0.717) is 58.2 Å². The van der Waals surface area contributed by atoms with Crippen LogP contribution < -0.4 is 15.4 Å². The molecule has 6 fully saturated rings. The first-order valence-electron chi connectivity index (χ1n) is 24.5. The summed E-state index contributed by atoms with van der Waals surface area (Å²) < 4.78 is 32.9. The number of piperidine rings is 3. The summed E-state index contributed by atoms with van der Waals surface area (Å²) in [6.07, 6.45) is 15.0. The van der Waals surface area contributed by atoms with E-state index in [-0.39, 0.29) is 35.1 Å². The third-order valence-electron chi connectivity index (χ3n) is 17.0. The number of hydrogen-bond acceptors (Lipinski definition) is 7. The molecule has 3 aromatic carbocycles. The van der Waals surface area contributed by atoms with Crippen LogP contribution in [0.2, 0.25) is 5.02 Å². The SMILES string of the molecule is O=C(C1CCC(CN2CCC(c3ccc4c(c3)-n3c(nc(=O)c5c(Cl)cccc53)C43CCCCC3)CC2)CC1)N1CCC2(CCN(c3cc(F)c(N4C(=O)CCCC4=O)c(F)c3)CC2)C1. The molecule has 0 bridgehead atoms. The van der Waals surface area contributed by atoms with Gasteiger partial charge >= 0.3 is 0 Å². The van der Waals surface area contributed by atoms with Crippen LogP contribution >= 0.6 is 11.6 Å². The molecule has 7 aliphatic rings. The number of carbonyl (C=O) groups excluding carboxylic acids is 3. The number of nitrogens with zero attached hydrogens (tertiary/aromatic N) is 6. The van der Waals surface area contributed by atoms with Gasteiger partial charge in [-0.3, -0.25) is 23.7 Å². The Balaban J connectivity index is 0.671. The van der Waals surface area contributed by atoms with Gasteiger partial charge in [0.05, 0.1) is 27.0 Å². The van der Waals surface area contributed by atoms with Gasteiger partial charge in [-0.2, -0.15) is 4.98 Å². The van der Waals surface area contributed by atoms with E-state index in [1.807, 2.05) is 17.0 Å². The molecular formula is C52H59ClF2N6O4. The Kier molecular flexibility index (Phi) is 11.1. The monoisotopic (exact) mass is 904 g/mol. The van der Waals surface area contributed by atoms with Crippen LogP contribution in [0.15, 0.2) is 53.3 Å². The van der Waals surface area contributed by atoms with E-state index >= 15 is 8.78 Å². The van der Waals surface area contributed by atoms with Crippen LogP contribution in [0.5, 0.6) is 0 Å². The molecule has 0 radical (unpaired) electrons. The number of rotatable bonds is 6. The van der Waals surface area contributed by atoms with Crippen LogP contribution in [0.25, 0.3) is 16.6 Å². The van der Waals surface area contributed by atoms with Gasteiger partial charge in [0, 0.05) is 57.2 Å². The Morgan fingerprint density at radius 1 is 0.769 bits per heavy atom. The van der Waals surface area contributed by atoms with Gasteiger partial charge in [-0.1, -0.05) is 49.1 Å². The molecule has 3 amide bonds. The van der Waals surface area contributed by atoms with E-state index in [1.54, 1.807) is 6.07 Å². The molecule has 11 rings (SSSR count). The highest BCUT2D eigenvalue weighted by atomic mass is 35.5. The number of fused-ring (bicyclic) bond motifs is 7. The van der Waals surface area contributed by atoms with Gasteiger partial charge in [-0.25, -0.2) is 13.7 Å². The minimum absolute atomic E-state index is 0.0153. The lowest BCUT2D eigenvalue weighted by Gasteiger charge is -2.41. The molecule has 65 heavy (non-hydrogen) atoms. The number of amides is 3. The molecule has 2 aliphatic carbocycles. The number of hydrogen-bond donors (Lipinski definition) is 0. The molecule has 10 nitrogen and oxygen atoms in total. The van der Waals surface area contributed by atoms with E-state index in [2.05, 4.69) is 32.6 Å². The highest BCUT2D eigenvalue weighted by Gasteiger charge is 2.47. The van der Waals surface area contributed by atoms with Crippen LogP contribution in [-0.2, 0) is 19.8 Å². The van der Waals surface area contributed by atoms with Gasteiger partial charge in [0.2, 0.25) is 17.7 Å². The second-order valence-corrected chi connectivity index (χ2v) is 21.1. The maximum Gasteiger partial charge on any atom is 0.282 e. The summed E-state index contributed by atoms with van der Waals surface area (Å²) in [5, 5.41) is 0.956. The van der Waals surface area contributed by atoms with E-state index in [0.717, 1.165) is 128 Å². The normalized spacial score (nSPS) is 24.6. The maximum absolute atomic E-state index is 15.3. The van der Waals surface area contributed by atoms with E-state index < -0.39 is 29.1 Å². The third kappa shape index (κ3) is 7.49. The molecule has 5 aliphatic heterocycles. The summed E-state index contributed by atoms with van der Waals surface area (Å²) in [6, 6.07) is 15.3. The molecule has 6 heterocycles. The first kappa shape index (κ1) is 42.9. The maximum atomic E-state index is 15.3. The summed E-state index contributed by atoms with van der Waals surface area (Å²) in [5.41, 5.74) is 4.11. The van der Waals surface area contributed by atoms with Crippen molar-refractivity contribution < 1.29 is 23.2 Å². The van der Waals surface area contributed by atoms with Crippen molar-refractivity contribution in [2.24, 2.45) is 17.3 Å². The van der Waals surface area contributed by atoms with Crippen LogP contribution in [0.1, 0.15) is 132 Å². The first-order chi connectivity index (χ1) is 31.5. The third-order valence-corrected chi connectivity index (χ3v) is 17.3. The molecular weight excluding hydrogens is 846 g/mol. The molecule has 1 aromatic heterocycles. The van der Waals surface area contributed by atoms with E-state index in [4.69, 9.17) is 16.6 Å². The van der Waals surface area contributed by atoms with Gasteiger partial charge in [-0.05, 0) is 149 Å². The van der Waals surface area contributed by atoms with Crippen molar-refractivity contribution in [1.82, 2.24) is 19.4 Å². The second kappa shape index (κ2) is 16.9. The van der Waals surface area contributed by atoms with E-state index in [1.165, 1.54) is 35.4 Å². The summed E-state index contributed by atoms with van der Waals surface area (Å²) in [5.74, 6) is -0.587. The fourth-order valence-electron chi connectivity index (χ4n) is 13.3. The number of benzene rings is 3.